The predicted molar refractivity (Wildman–Crippen MR) is 67.3 cm³/mol. The van der Waals surface area contributed by atoms with Crippen LogP contribution in [0.1, 0.15) is 5.56 Å². The normalized spacial score (nSPS) is 10.1. The minimum Gasteiger partial charge on any atom is -0.486 e. The van der Waals surface area contributed by atoms with Gasteiger partial charge in [-0.1, -0.05) is 41.7 Å². The molecule has 0 atom stereocenters. The zero-order chi connectivity index (χ0) is 11.2. The number of hydrogen-bond donors (Lipinski definition) is 1. The maximum Gasteiger partial charge on any atom is 0.195 e. The van der Waals surface area contributed by atoms with Gasteiger partial charge in [-0.2, -0.15) is 0 Å². The van der Waals surface area contributed by atoms with Crippen LogP contribution in [0, 0.1) is 0 Å². The Balaban J connectivity index is 1.80. The van der Waals surface area contributed by atoms with Crippen LogP contribution in [0.25, 0.3) is 0 Å². The number of ether oxygens (including phenoxy) is 1. The number of thiazole rings is 1. The van der Waals surface area contributed by atoms with Crippen LogP contribution in [-0.4, -0.2) is 18.6 Å². The van der Waals surface area contributed by atoms with Crippen molar-refractivity contribution in [3.63, 3.8) is 0 Å². The van der Waals surface area contributed by atoms with Crippen LogP contribution in [0.4, 0.5) is 5.13 Å². The maximum absolute atomic E-state index is 5.08. The van der Waals surface area contributed by atoms with E-state index in [-0.39, 0.29) is 0 Å². The van der Waals surface area contributed by atoms with Gasteiger partial charge in [0.05, 0.1) is 13.3 Å². The molecule has 16 heavy (non-hydrogen) atoms. The van der Waals surface area contributed by atoms with Gasteiger partial charge in [0.25, 0.3) is 0 Å². The molecular weight excluding hydrogens is 220 g/mol. The van der Waals surface area contributed by atoms with E-state index >= 15 is 0 Å². The highest BCUT2D eigenvalue weighted by atomic mass is 32.1. The van der Waals surface area contributed by atoms with Crippen LogP contribution in [0.3, 0.4) is 0 Å². The fourth-order valence-corrected chi connectivity index (χ4v) is 2.05. The molecule has 0 spiro atoms. The van der Waals surface area contributed by atoms with E-state index in [1.807, 2.05) is 6.07 Å². The highest BCUT2D eigenvalue weighted by Crippen LogP contribution is 2.24. The number of nitrogens with one attached hydrogen (secondary N) is 1. The molecule has 84 valence electrons. The average Bonchev–Trinajstić information content (AvgIpc) is 2.78. The topological polar surface area (TPSA) is 34.1 Å². The van der Waals surface area contributed by atoms with Gasteiger partial charge in [0, 0.05) is 6.54 Å². The summed E-state index contributed by atoms with van der Waals surface area (Å²) in [6.45, 7) is 0.890. The molecule has 1 aromatic heterocycles. The smallest absolute Gasteiger partial charge is 0.195 e. The second kappa shape index (κ2) is 5.51. The molecule has 0 unspecified atom stereocenters. The van der Waals surface area contributed by atoms with Crippen molar-refractivity contribution in [1.82, 2.24) is 4.98 Å². The summed E-state index contributed by atoms with van der Waals surface area (Å²) in [7, 11) is 1.65. The number of aromatic nitrogens is 1. The summed E-state index contributed by atoms with van der Waals surface area (Å²) in [4.78, 5) is 4.20. The largest absolute Gasteiger partial charge is 0.486 e. The van der Waals surface area contributed by atoms with E-state index in [0.29, 0.717) is 0 Å². The number of benzene rings is 1. The van der Waals surface area contributed by atoms with Gasteiger partial charge < -0.3 is 10.1 Å². The molecular formula is C12H14N2OS. The molecule has 0 saturated heterocycles. The van der Waals surface area contributed by atoms with E-state index in [0.717, 1.165) is 23.2 Å². The molecule has 4 heteroatoms. The molecule has 0 amide bonds. The third kappa shape index (κ3) is 2.97. The number of hydrogen-bond acceptors (Lipinski definition) is 4. The Morgan fingerprint density at radius 3 is 2.81 bits per heavy atom. The average molecular weight is 234 g/mol. The molecule has 0 aliphatic heterocycles. The van der Waals surface area contributed by atoms with Gasteiger partial charge in [0.2, 0.25) is 0 Å². The minimum absolute atomic E-state index is 0.835. The van der Waals surface area contributed by atoms with Gasteiger partial charge >= 0.3 is 0 Å². The predicted octanol–water partition coefficient (Wildman–Crippen LogP) is 2.81. The number of rotatable bonds is 5. The quantitative estimate of drug-likeness (QED) is 0.863. The summed E-state index contributed by atoms with van der Waals surface area (Å²) in [5.41, 5.74) is 1.33. The van der Waals surface area contributed by atoms with Crippen molar-refractivity contribution in [3.8, 4) is 5.06 Å². The molecule has 1 heterocycles. The van der Waals surface area contributed by atoms with Crippen LogP contribution < -0.4 is 10.1 Å². The number of nitrogens with zero attached hydrogens (tertiary/aromatic N) is 1. The van der Waals surface area contributed by atoms with Crippen LogP contribution in [0.5, 0.6) is 5.06 Å². The van der Waals surface area contributed by atoms with Gasteiger partial charge in [0.1, 0.15) is 0 Å². The van der Waals surface area contributed by atoms with E-state index in [2.05, 4.69) is 34.6 Å². The minimum atomic E-state index is 0.835. The molecule has 0 fully saturated rings. The highest BCUT2D eigenvalue weighted by Gasteiger charge is 2.00. The van der Waals surface area contributed by atoms with E-state index in [4.69, 9.17) is 4.74 Å². The monoisotopic (exact) mass is 234 g/mol. The van der Waals surface area contributed by atoms with Crippen LogP contribution in [-0.2, 0) is 6.42 Å². The SMILES string of the molecule is COc1cnc(NCCc2ccccc2)s1. The Labute approximate surface area is 99.1 Å². The molecule has 2 aromatic rings. The number of methoxy groups -OCH3 is 1. The van der Waals surface area contributed by atoms with Gasteiger partial charge in [0.15, 0.2) is 10.2 Å². The molecule has 0 aliphatic carbocycles. The fraction of sp³-hybridized carbons (Fsp3) is 0.250. The van der Waals surface area contributed by atoms with Crippen molar-refractivity contribution in [1.29, 1.82) is 0 Å². The molecule has 0 radical (unpaired) electrons. The lowest BCUT2D eigenvalue weighted by Crippen LogP contribution is -2.03. The second-order valence-electron chi connectivity index (χ2n) is 3.35. The molecule has 3 nitrogen and oxygen atoms in total. The van der Waals surface area contributed by atoms with Gasteiger partial charge in [-0.25, -0.2) is 4.98 Å². The molecule has 0 saturated carbocycles. The molecule has 0 aliphatic rings. The van der Waals surface area contributed by atoms with Crippen LogP contribution in [0.2, 0.25) is 0 Å². The van der Waals surface area contributed by atoms with Crippen molar-refractivity contribution in [2.24, 2.45) is 0 Å². The van der Waals surface area contributed by atoms with Gasteiger partial charge in [-0.3, -0.25) is 0 Å². The van der Waals surface area contributed by atoms with Gasteiger partial charge in [-0.05, 0) is 12.0 Å². The Morgan fingerprint density at radius 1 is 1.31 bits per heavy atom. The summed E-state index contributed by atoms with van der Waals surface area (Å²) < 4.78 is 5.08. The van der Waals surface area contributed by atoms with Crippen molar-refractivity contribution in [2.45, 2.75) is 6.42 Å². The summed E-state index contributed by atoms with van der Waals surface area (Å²) in [6.07, 6.45) is 2.73. The molecule has 0 bridgehead atoms. The summed E-state index contributed by atoms with van der Waals surface area (Å²) in [6, 6.07) is 10.4. The highest BCUT2D eigenvalue weighted by molar-refractivity contribution is 7.17. The Morgan fingerprint density at radius 2 is 2.12 bits per heavy atom. The summed E-state index contributed by atoms with van der Waals surface area (Å²) in [5, 5.41) is 5.02. The fourth-order valence-electron chi connectivity index (χ4n) is 1.39. The first-order valence-corrected chi connectivity index (χ1v) is 5.98. The lowest BCUT2D eigenvalue weighted by atomic mass is 10.2. The summed E-state index contributed by atoms with van der Waals surface area (Å²) >= 11 is 1.52. The maximum atomic E-state index is 5.08. The van der Waals surface area contributed by atoms with Gasteiger partial charge in [-0.15, -0.1) is 0 Å². The van der Waals surface area contributed by atoms with Crippen molar-refractivity contribution < 1.29 is 4.74 Å². The first-order valence-electron chi connectivity index (χ1n) is 5.16. The summed E-state index contributed by atoms with van der Waals surface area (Å²) in [5.74, 6) is 0. The van der Waals surface area contributed by atoms with E-state index < -0.39 is 0 Å². The lowest BCUT2D eigenvalue weighted by molar-refractivity contribution is 0.426. The standard InChI is InChI=1S/C12H14N2OS/c1-15-11-9-14-12(16-11)13-8-7-10-5-3-2-4-6-10/h2-6,9H,7-8H2,1H3,(H,13,14). The van der Waals surface area contributed by atoms with Crippen molar-refractivity contribution in [3.05, 3.63) is 42.1 Å². The Bertz CT molecular complexity index is 428. The molecule has 1 aromatic carbocycles. The van der Waals surface area contributed by atoms with E-state index in [1.54, 1.807) is 13.3 Å². The Kier molecular flexibility index (Phi) is 3.77. The van der Waals surface area contributed by atoms with Crippen molar-refractivity contribution >= 4 is 16.5 Å². The zero-order valence-electron chi connectivity index (χ0n) is 9.14. The Hall–Kier alpha value is -1.55. The first-order chi connectivity index (χ1) is 7.88. The molecule has 2 rings (SSSR count). The first kappa shape index (κ1) is 11.0. The van der Waals surface area contributed by atoms with Crippen LogP contribution in [0.15, 0.2) is 36.5 Å². The van der Waals surface area contributed by atoms with E-state index in [1.165, 1.54) is 16.9 Å². The number of anilines is 1. The molecule has 1 N–H and O–H groups in total. The third-order valence-corrected chi connectivity index (χ3v) is 3.13. The third-order valence-electron chi connectivity index (χ3n) is 2.22. The van der Waals surface area contributed by atoms with E-state index in [9.17, 15) is 0 Å². The zero-order valence-corrected chi connectivity index (χ0v) is 9.96. The van der Waals surface area contributed by atoms with Crippen molar-refractivity contribution in [2.75, 3.05) is 19.0 Å². The second-order valence-corrected chi connectivity index (χ2v) is 4.34. The lowest BCUT2D eigenvalue weighted by Gasteiger charge is -2.02. The van der Waals surface area contributed by atoms with Crippen LogP contribution >= 0.6 is 11.3 Å².